The molecule has 1 heterocycles. The first-order valence-corrected chi connectivity index (χ1v) is 8.21. The molecule has 1 aromatic heterocycles. The highest BCUT2D eigenvalue weighted by Gasteiger charge is 2.38. The van der Waals surface area contributed by atoms with E-state index in [1.807, 2.05) is 0 Å². The van der Waals surface area contributed by atoms with Gasteiger partial charge in [-0.3, -0.25) is 0 Å². The third-order valence-electron chi connectivity index (χ3n) is 4.28. The van der Waals surface area contributed by atoms with E-state index in [1.54, 1.807) is 18.4 Å². The Morgan fingerprint density at radius 2 is 2.16 bits per heavy atom. The molecule has 1 N–H and O–H groups in total. The molecular formula is C15H26N2OS. The van der Waals surface area contributed by atoms with Crippen molar-refractivity contribution in [3.05, 3.63) is 16.1 Å². The van der Waals surface area contributed by atoms with Gasteiger partial charge < -0.3 is 10.1 Å². The minimum Gasteiger partial charge on any atom is -0.383 e. The Morgan fingerprint density at radius 3 is 2.74 bits per heavy atom. The zero-order chi connectivity index (χ0) is 13.7. The summed E-state index contributed by atoms with van der Waals surface area (Å²) in [7, 11) is 1.76. The van der Waals surface area contributed by atoms with Crippen LogP contribution in [-0.4, -0.2) is 25.2 Å². The van der Waals surface area contributed by atoms with Crippen LogP contribution in [0.25, 0.3) is 0 Å². The van der Waals surface area contributed by atoms with E-state index in [9.17, 15) is 0 Å². The number of rotatable bonds is 6. The highest BCUT2D eigenvalue weighted by Crippen LogP contribution is 2.40. The van der Waals surface area contributed by atoms with Gasteiger partial charge in [0.1, 0.15) is 5.01 Å². The summed E-state index contributed by atoms with van der Waals surface area (Å²) >= 11 is 1.79. The average Bonchev–Trinajstić information content (AvgIpc) is 2.87. The predicted octanol–water partition coefficient (Wildman–Crippen LogP) is 3.48. The Labute approximate surface area is 120 Å². The van der Waals surface area contributed by atoms with Crippen molar-refractivity contribution >= 4 is 11.3 Å². The first-order chi connectivity index (χ1) is 9.16. The van der Waals surface area contributed by atoms with E-state index >= 15 is 0 Å². The van der Waals surface area contributed by atoms with E-state index in [4.69, 9.17) is 9.72 Å². The third kappa shape index (κ3) is 3.56. The highest BCUT2D eigenvalue weighted by atomic mass is 32.1. The number of aromatic nitrogens is 1. The lowest BCUT2D eigenvalue weighted by atomic mass is 9.76. The van der Waals surface area contributed by atoms with Crippen molar-refractivity contribution in [2.24, 2.45) is 5.92 Å². The molecule has 3 nitrogen and oxygen atoms in total. The van der Waals surface area contributed by atoms with Gasteiger partial charge in [-0.1, -0.05) is 19.3 Å². The number of nitrogens with zero attached hydrogens (tertiary/aromatic N) is 1. The standard InChI is InChI=1S/C15H26N2OS/c1-12-11-19-14(17-12)15(2,16-9-10-18-3)13-7-5-4-6-8-13/h11,13,16H,4-10H2,1-3H3. The number of nitrogens with one attached hydrogen (secondary N) is 1. The maximum Gasteiger partial charge on any atom is 0.113 e. The third-order valence-corrected chi connectivity index (χ3v) is 5.48. The van der Waals surface area contributed by atoms with Crippen LogP contribution in [0.15, 0.2) is 5.38 Å². The van der Waals surface area contributed by atoms with Gasteiger partial charge in [-0.2, -0.15) is 0 Å². The normalized spacial score (nSPS) is 20.4. The van der Waals surface area contributed by atoms with E-state index in [0.29, 0.717) is 5.92 Å². The first kappa shape index (κ1) is 14.9. The van der Waals surface area contributed by atoms with Crippen LogP contribution in [0.2, 0.25) is 0 Å². The molecule has 0 radical (unpaired) electrons. The molecule has 0 spiro atoms. The minimum atomic E-state index is 0.0118. The van der Waals surface area contributed by atoms with Gasteiger partial charge in [0.15, 0.2) is 0 Å². The van der Waals surface area contributed by atoms with Crippen LogP contribution in [0.3, 0.4) is 0 Å². The molecule has 1 aliphatic rings. The van der Waals surface area contributed by atoms with Gasteiger partial charge >= 0.3 is 0 Å². The fourth-order valence-corrected chi connectivity index (χ4v) is 4.10. The zero-order valence-electron chi connectivity index (χ0n) is 12.4. The summed E-state index contributed by atoms with van der Waals surface area (Å²) in [6.45, 7) is 6.06. The van der Waals surface area contributed by atoms with Crippen molar-refractivity contribution in [2.75, 3.05) is 20.3 Å². The molecule has 1 unspecified atom stereocenters. The topological polar surface area (TPSA) is 34.1 Å². The van der Waals surface area contributed by atoms with Crippen LogP contribution >= 0.6 is 11.3 Å². The lowest BCUT2D eigenvalue weighted by Crippen LogP contribution is -2.48. The molecule has 2 rings (SSSR count). The number of thiazole rings is 1. The molecule has 19 heavy (non-hydrogen) atoms. The van der Waals surface area contributed by atoms with Crippen molar-refractivity contribution in [3.8, 4) is 0 Å². The van der Waals surface area contributed by atoms with Gasteiger partial charge in [-0.15, -0.1) is 11.3 Å². The Morgan fingerprint density at radius 1 is 1.42 bits per heavy atom. The number of hydrogen-bond donors (Lipinski definition) is 1. The summed E-state index contributed by atoms with van der Waals surface area (Å²) < 4.78 is 5.19. The van der Waals surface area contributed by atoms with Gasteiger partial charge in [0.2, 0.25) is 0 Å². The predicted molar refractivity (Wildman–Crippen MR) is 80.7 cm³/mol. The molecule has 0 amide bonds. The molecular weight excluding hydrogens is 256 g/mol. The van der Waals surface area contributed by atoms with E-state index in [-0.39, 0.29) is 5.54 Å². The van der Waals surface area contributed by atoms with Crippen molar-refractivity contribution < 1.29 is 4.74 Å². The summed E-state index contributed by atoms with van der Waals surface area (Å²) in [5, 5.41) is 7.12. The molecule has 1 saturated carbocycles. The average molecular weight is 282 g/mol. The lowest BCUT2D eigenvalue weighted by molar-refractivity contribution is 0.145. The molecule has 1 fully saturated rings. The number of hydrogen-bond acceptors (Lipinski definition) is 4. The summed E-state index contributed by atoms with van der Waals surface area (Å²) in [4.78, 5) is 4.75. The van der Waals surface area contributed by atoms with Crippen molar-refractivity contribution in [1.82, 2.24) is 10.3 Å². The summed E-state index contributed by atoms with van der Waals surface area (Å²) in [6, 6.07) is 0. The molecule has 1 aromatic rings. The minimum absolute atomic E-state index is 0.0118. The van der Waals surface area contributed by atoms with E-state index < -0.39 is 0 Å². The monoisotopic (exact) mass is 282 g/mol. The summed E-state index contributed by atoms with van der Waals surface area (Å²) in [6.07, 6.45) is 6.74. The summed E-state index contributed by atoms with van der Waals surface area (Å²) in [5.74, 6) is 0.698. The fourth-order valence-electron chi connectivity index (χ4n) is 3.08. The zero-order valence-corrected chi connectivity index (χ0v) is 13.2. The van der Waals surface area contributed by atoms with Crippen molar-refractivity contribution in [2.45, 2.75) is 51.5 Å². The van der Waals surface area contributed by atoms with Gasteiger partial charge in [-0.25, -0.2) is 4.98 Å². The molecule has 0 bridgehead atoms. The molecule has 0 saturated heterocycles. The van der Waals surface area contributed by atoms with Gasteiger partial charge in [-0.05, 0) is 32.6 Å². The van der Waals surface area contributed by atoms with Gasteiger partial charge in [0.05, 0.1) is 12.1 Å². The maximum absolute atomic E-state index is 5.19. The first-order valence-electron chi connectivity index (χ1n) is 7.33. The molecule has 1 aliphatic carbocycles. The quantitative estimate of drug-likeness (QED) is 0.811. The Hall–Kier alpha value is -0.450. The number of ether oxygens (including phenoxy) is 1. The molecule has 4 heteroatoms. The molecule has 0 aromatic carbocycles. The Bertz CT molecular complexity index is 387. The lowest BCUT2D eigenvalue weighted by Gasteiger charge is -2.39. The van der Waals surface area contributed by atoms with Crippen LogP contribution in [0.5, 0.6) is 0 Å². The van der Waals surface area contributed by atoms with Crippen LogP contribution < -0.4 is 5.32 Å². The second-order valence-corrected chi connectivity index (χ2v) is 6.61. The maximum atomic E-state index is 5.19. The van der Waals surface area contributed by atoms with Crippen molar-refractivity contribution in [1.29, 1.82) is 0 Å². The Balaban J connectivity index is 2.15. The van der Waals surface area contributed by atoms with Crippen LogP contribution in [0, 0.1) is 12.8 Å². The molecule has 0 aliphatic heterocycles. The molecule has 108 valence electrons. The second-order valence-electron chi connectivity index (χ2n) is 5.75. The largest absolute Gasteiger partial charge is 0.383 e. The van der Waals surface area contributed by atoms with Gasteiger partial charge in [0, 0.05) is 24.7 Å². The number of aryl methyl sites for hydroxylation is 1. The fraction of sp³-hybridized carbons (Fsp3) is 0.800. The van der Waals surface area contributed by atoms with E-state index in [2.05, 4.69) is 24.5 Å². The van der Waals surface area contributed by atoms with E-state index in [1.165, 1.54) is 37.1 Å². The highest BCUT2D eigenvalue weighted by molar-refractivity contribution is 7.09. The van der Waals surface area contributed by atoms with Gasteiger partial charge in [0.25, 0.3) is 0 Å². The smallest absolute Gasteiger partial charge is 0.113 e. The SMILES string of the molecule is COCCNC(C)(c1nc(C)cs1)C1CCCCC1. The van der Waals surface area contributed by atoms with Crippen LogP contribution in [0.4, 0.5) is 0 Å². The second kappa shape index (κ2) is 6.82. The summed E-state index contributed by atoms with van der Waals surface area (Å²) in [5.41, 5.74) is 1.15. The van der Waals surface area contributed by atoms with Crippen LogP contribution in [-0.2, 0) is 10.3 Å². The van der Waals surface area contributed by atoms with Crippen molar-refractivity contribution in [3.63, 3.8) is 0 Å². The molecule has 1 atom stereocenters. The number of methoxy groups -OCH3 is 1. The Kier molecular flexibility index (Phi) is 5.37. The van der Waals surface area contributed by atoms with E-state index in [0.717, 1.165) is 18.8 Å². The van der Waals surface area contributed by atoms with Crippen LogP contribution in [0.1, 0.15) is 49.7 Å².